The van der Waals surface area contributed by atoms with E-state index in [1.807, 2.05) is 63.2 Å². The molecule has 0 aliphatic heterocycles. The van der Waals surface area contributed by atoms with E-state index in [0.717, 1.165) is 28.0 Å². The number of hydrogen-bond donors (Lipinski definition) is 1. The molecule has 2 aromatic heterocycles. The highest BCUT2D eigenvalue weighted by molar-refractivity contribution is 7.07. The number of halogens is 1. The molecule has 1 N–H and O–H groups in total. The molecule has 5 rings (SSSR count). The lowest BCUT2D eigenvalue weighted by Crippen LogP contribution is -2.33. The van der Waals surface area contributed by atoms with Gasteiger partial charge in [0.1, 0.15) is 28.0 Å². The van der Waals surface area contributed by atoms with Crippen molar-refractivity contribution in [2.45, 2.75) is 20.8 Å². The Hall–Kier alpha value is -4.84. The summed E-state index contributed by atoms with van der Waals surface area (Å²) in [6, 6.07) is 25.5. The molecular formula is C33H26ClN3O4S. The van der Waals surface area contributed by atoms with Crippen molar-refractivity contribution in [2.75, 3.05) is 11.9 Å². The van der Waals surface area contributed by atoms with Crippen molar-refractivity contribution in [3.63, 3.8) is 0 Å². The Labute approximate surface area is 251 Å². The zero-order valence-corrected chi connectivity index (χ0v) is 24.7. The van der Waals surface area contributed by atoms with Gasteiger partial charge in [0.25, 0.3) is 11.5 Å². The van der Waals surface area contributed by atoms with Crippen molar-refractivity contribution < 1.29 is 13.9 Å². The molecule has 0 unspecified atom stereocenters. The fourth-order valence-corrected chi connectivity index (χ4v) is 5.77. The van der Waals surface area contributed by atoms with Crippen LogP contribution in [-0.4, -0.2) is 17.1 Å². The van der Waals surface area contributed by atoms with Crippen molar-refractivity contribution in [1.29, 1.82) is 5.26 Å². The highest BCUT2D eigenvalue weighted by Gasteiger charge is 2.20. The third-order valence-corrected chi connectivity index (χ3v) is 7.85. The standard InChI is InChI=1S/C33H26ClN3O4S/c1-4-40-28-11-6-5-10-26(28)36-31(38)25(19-35)33-37(30-20(2)8-7-9-21(30)3)32(39)29(42-33)18-24-16-17-27(41-24)22-12-14-23(34)15-13-22/h5-18H,4H2,1-3H3,(H,36,38)/b29-18-,33-25+. The number of nitrogens with zero attached hydrogens (tertiary/aromatic N) is 2. The molecule has 210 valence electrons. The minimum atomic E-state index is -0.652. The van der Waals surface area contributed by atoms with Crippen molar-refractivity contribution in [3.05, 3.63) is 120 Å². The summed E-state index contributed by atoms with van der Waals surface area (Å²) in [4.78, 5) is 27.5. The number of benzene rings is 3. The van der Waals surface area contributed by atoms with Crippen LogP contribution >= 0.6 is 22.9 Å². The smallest absolute Gasteiger partial charge is 0.273 e. The number of carbonyl (C=O) groups is 1. The zero-order valence-electron chi connectivity index (χ0n) is 23.1. The van der Waals surface area contributed by atoms with Gasteiger partial charge in [-0.25, -0.2) is 0 Å². The van der Waals surface area contributed by atoms with Gasteiger partial charge in [-0.3, -0.25) is 14.2 Å². The third kappa shape index (κ3) is 5.79. The van der Waals surface area contributed by atoms with Crippen LogP contribution < -0.4 is 24.8 Å². The molecule has 1 amide bonds. The van der Waals surface area contributed by atoms with E-state index in [0.29, 0.717) is 44.8 Å². The van der Waals surface area contributed by atoms with Gasteiger partial charge in [-0.15, -0.1) is 11.3 Å². The van der Waals surface area contributed by atoms with Crippen LogP contribution in [0.15, 0.2) is 88.1 Å². The van der Waals surface area contributed by atoms with Crippen LogP contribution in [0.4, 0.5) is 5.69 Å². The molecule has 9 heteroatoms. The number of nitrogens with one attached hydrogen (secondary N) is 1. The minimum Gasteiger partial charge on any atom is -0.492 e. The normalized spacial score (nSPS) is 12.1. The molecule has 0 spiro atoms. The molecular weight excluding hydrogens is 570 g/mol. The Morgan fingerprint density at radius 2 is 1.76 bits per heavy atom. The summed E-state index contributed by atoms with van der Waals surface area (Å²) in [6.45, 7) is 6.02. The molecule has 5 aromatic rings. The van der Waals surface area contributed by atoms with E-state index >= 15 is 0 Å². The van der Waals surface area contributed by atoms with Gasteiger partial charge in [0.05, 0.1) is 22.5 Å². The number of aromatic nitrogens is 1. The number of furan rings is 1. The molecule has 2 heterocycles. The van der Waals surface area contributed by atoms with E-state index in [1.54, 1.807) is 48.5 Å². The molecule has 0 aliphatic carbocycles. The summed E-state index contributed by atoms with van der Waals surface area (Å²) >= 11 is 7.07. The zero-order chi connectivity index (χ0) is 29.8. The molecule has 0 radical (unpaired) electrons. The Kier molecular flexibility index (Phi) is 8.43. The van der Waals surface area contributed by atoms with Gasteiger partial charge in [-0.05, 0) is 80.4 Å². The molecule has 3 aromatic carbocycles. The highest BCUT2D eigenvalue weighted by Crippen LogP contribution is 2.25. The van der Waals surface area contributed by atoms with Crippen molar-refractivity contribution >= 4 is 46.2 Å². The topological polar surface area (TPSA) is 97.3 Å². The molecule has 0 bridgehead atoms. The van der Waals surface area contributed by atoms with E-state index in [2.05, 4.69) is 5.32 Å². The Morgan fingerprint density at radius 3 is 2.45 bits per heavy atom. The van der Waals surface area contributed by atoms with Gasteiger partial charge in [0, 0.05) is 16.7 Å². The second-order valence-electron chi connectivity index (χ2n) is 9.38. The molecule has 0 atom stereocenters. The van der Waals surface area contributed by atoms with Crippen molar-refractivity contribution in [2.24, 2.45) is 0 Å². The summed E-state index contributed by atoms with van der Waals surface area (Å²) in [6.07, 6.45) is 1.62. The molecule has 42 heavy (non-hydrogen) atoms. The first-order valence-corrected chi connectivity index (χ1v) is 14.3. The first-order chi connectivity index (χ1) is 20.3. The van der Waals surface area contributed by atoms with Gasteiger partial charge < -0.3 is 14.5 Å². The largest absolute Gasteiger partial charge is 0.492 e. The average molecular weight is 596 g/mol. The lowest BCUT2D eigenvalue weighted by Gasteiger charge is -2.12. The fourth-order valence-electron chi connectivity index (χ4n) is 4.57. The van der Waals surface area contributed by atoms with Crippen LogP contribution in [0.25, 0.3) is 28.7 Å². The summed E-state index contributed by atoms with van der Waals surface area (Å²) in [5.41, 5.74) is 2.95. The lowest BCUT2D eigenvalue weighted by atomic mass is 10.1. The number of aryl methyl sites for hydroxylation is 2. The maximum Gasteiger partial charge on any atom is 0.273 e. The minimum absolute atomic E-state index is 0.202. The van der Waals surface area contributed by atoms with Crippen molar-refractivity contribution in [3.8, 4) is 28.8 Å². The summed E-state index contributed by atoms with van der Waals surface area (Å²) in [5, 5.41) is 13.6. The summed E-state index contributed by atoms with van der Waals surface area (Å²) < 4.78 is 13.6. The predicted molar refractivity (Wildman–Crippen MR) is 167 cm³/mol. The summed E-state index contributed by atoms with van der Waals surface area (Å²) in [7, 11) is 0. The van der Waals surface area contributed by atoms with Crippen molar-refractivity contribution in [1.82, 2.24) is 4.57 Å². The van der Waals surface area contributed by atoms with Gasteiger partial charge in [0.2, 0.25) is 0 Å². The molecule has 7 nitrogen and oxygen atoms in total. The number of hydrogen-bond acceptors (Lipinski definition) is 6. The van der Waals surface area contributed by atoms with E-state index in [1.165, 1.54) is 4.57 Å². The van der Waals surface area contributed by atoms with Crippen LogP contribution in [0.3, 0.4) is 0 Å². The quantitative estimate of drug-likeness (QED) is 0.250. The van der Waals surface area contributed by atoms with E-state index in [-0.39, 0.29) is 15.8 Å². The van der Waals surface area contributed by atoms with Gasteiger partial charge in [-0.2, -0.15) is 5.26 Å². The predicted octanol–water partition coefficient (Wildman–Crippen LogP) is 5.97. The lowest BCUT2D eigenvalue weighted by molar-refractivity contribution is -0.111. The van der Waals surface area contributed by atoms with Gasteiger partial charge in [0.15, 0.2) is 5.57 Å². The summed E-state index contributed by atoms with van der Waals surface area (Å²) in [5.74, 6) is 0.890. The Bertz CT molecular complexity index is 1990. The van der Waals surface area contributed by atoms with Crippen LogP contribution in [0, 0.1) is 25.2 Å². The Balaban J connectivity index is 1.70. The first kappa shape index (κ1) is 28.7. The number of carbonyl (C=O) groups excluding carboxylic acids is 1. The monoisotopic (exact) mass is 595 g/mol. The number of thiazole rings is 1. The number of nitriles is 1. The maximum atomic E-state index is 14.0. The molecule has 0 saturated carbocycles. The third-order valence-electron chi connectivity index (χ3n) is 6.50. The maximum absolute atomic E-state index is 14.0. The van der Waals surface area contributed by atoms with Gasteiger partial charge in [-0.1, -0.05) is 41.9 Å². The SMILES string of the molecule is CCOc1ccccc1NC(=O)/C(C#N)=c1/s/c(=C\c2ccc(-c3ccc(Cl)cc3)o2)c(=O)n1-c1c(C)cccc1C. The second-order valence-corrected chi connectivity index (χ2v) is 10.8. The number of amides is 1. The van der Waals surface area contributed by atoms with E-state index < -0.39 is 5.91 Å². The van der Waals surface area contributed by atoms with Gasteiger partial charge >= 0.3 is 0 Å². The van der Waals surface area contributed by atoms with Crippen LogP contribution in [-0.2, 0) is 4.79 Å². The average Bonchev–Trinajstić information content (AvgIpc) is 3.56. The number of rotatable bonds is 7. The number of anilines is 1. The van der Waals surface area contributed by atoms with Crippen LogP contribution in [0.1, 0.15) is 23.8 Å². The van der Waals surface area contributed by atoms with E-state index in [9.17, 15) is 14.9 Å². The molecule has 0 saturated heterocycles. The number of para-hydroxylation sites is 3. The van der Waals surface area contributed by atoms with Crippen LogP contribution in [0.2, 0.25) is 5.02 Å². The highest BCUT2D eigenvalue weighted by atomic mass is 35.5. The fraction of sp³-hybridized carbons (Fsp3) is 0.121. The molecule has 0 aliphatic rings. The van der Waals surface area contributed by atoms with E-state index in [4.69, 9.17) is 20.8 Å². The molecule has 0 fully saturated rings. The van der Waals surface area contributed by atoms with Crippen LogP contribution in [0.5, 0.6) is 5.75 Å². The first-order valence-electron chi connectivity index (χ1n) is 13.1. The second kappa shape index (κ2) is 12.4. The number of ether oxygens (including phenoxy) is 1. The Morgan fingerprint density at radius 1 is 1.05 bits per heavy atom.